The molecule has 1 fully saturated rings. The van der Waals surface area contributed by atoms with Gasteiger partial charge in [0, 0.05) is 24.1 Å². The van der Waals surface area contributed by atoms with Crippen molar-refractivity contribution in [3.05, 3.63) is 40.3 Å². The third-order valence-corrected chi connectivity index (χ3v) is 6.17. The number of benzene rings is 1. The predicted octanol–water partition coefficient (Wildman–Crippen LogP) is 3.99. The molecule has 0 radical (unpaired) electrons. The lowest BCUT2D eigenvalue weighted by Crippen LogP contribution is -2.27. The van der Waals surface area contributed by atoms with Crippen LogP contribution in [0.25, 0.3) is 0 Å². The van der Waals surface area contributed by atoms with Crippen molar-refractivity contribution in [2.24, 2.45) is 11.1 Å². The lowest BCUT2D eigenvalue weighted by atomic mass is 9.96. The van der Waals surface area contributed by atoms with Crippen LogP contribution in [0.2, 0.25) is 0 Å². The van der Waals surface area contributed by atoms with Crippen LogP contribution in [0.1, 0.15) is 59.2 Å². The third-order valence-electron chi connectivity index (χ3n) is 5.02. The molecule has 3 amide bonds. The molecule has 1 saturated heterocycles. The number of nitrogens with two attached hydrogens (primary N) is 1. The number of primary amides is 1. The van der Waals surface area contributed by atoms with Crippen LogP contribution in [-0.4, -0.2) is 30.8 Å². The quantitative estimate of drug-likeness (QED) is 0.670. The van der Waals surface area contributed by atoms with Crippen molar-refractivity contribution in [1.29, 1.82) is 0 Å². The molecule has 2 heterocycles. The van der Waals surface area contributed by atoms with Crippen molar-refractivity contribution in [1.82, 2.24) is 0 Å². The Hall–Kier alpha value is -2.87. The summed E-state index contributed by atoms with van der Waals surface area (Å²) in [6.45, 7) is 9.14. The Balaban J connectivity index is 1.86. The minimum absolute atomic E-state index is 0.110. The average Bonchev–Trinajstić information content (AvgIpc) is 3.30. The molecule has 1 aromatic heterocycles. The highest BCUT2D eigenvalue weighted by Gasteiger charge is 2.24. The highest BCUT2D eigenvalue weighted by molar-refractivity contribution is 7.18. The molecule has 7 nitrogen and oxygen atoms in total. The minimum atomic E-state index is -0.544. The first-order valence-corrected chi connectivity index (χ1v) is 10.8. The summed E-state index contributed by atoms with van der Waals surface area (Å²) in [4.78, 5) is 39.6. The number of rotatable bonds is 5. The van der Waals surface area contributed by atoms with Gasteiger partial charge in [-0.2, -0.15) is 0 Å². The van der Waals surface area contributed by atoms with Gasteiger partial charge in [0.05, 0.1) is 21.3 Å². The van der Waals surface area contributed by atoms with Gasteiger partial charge in [-0.05, 0) is 49.6 Å². The average molecular weight is 429 g/mol. The SMILES string of the molecule is Cc1cc(NC(=O)C(C)(C)C)sc1C(=O)Nc1cc(C(N)=O)ccc1N1CCCC1. The topological polar surface area (TPSA) is 105 Å². The Morgan fingerprint density at radius 1 is 1.07 bits per heavy atom. The zero-order valence-electron chi connectivity index (χ0n) is 17.8. The van der Waals surface area contributed by atoms with Gasteiger partial charge in [-0.25, -0.2) is 0 Å². The largest absolute Gasteiger partial charge is 0.370 e. The number of anilines is 3. The summed E-state index contributed by atoms with van der Waals surface area (Å²) in [5, 5.41) is 6.45. The number of nitrogens with zero attached hydrogens (tertiary/aromatic N) is 1. The number of hydrogen-bond acceptors (Lipinski definition) is 5. The smallest absolute Gasteiger partial charge is 0.266 e. The second kappa shape index (κ2) is 8.47. The van der Waals surface area contributed by atoms with Crippen molar-refractivity contribution in [3.63, 3.8) is 0 Å². The van der Waals surface area contributed by atoms with E-state index in [0.29, 0.717) is 21.1 Å². The Morgan fingerprint density at radius 3 is 2.33 bits per heavy atom. The summed E-state index contributed by atoms with van der Waals surface area (Å²) < 4.78 is 0. The monoisotopic (exact) mass is 428 g/mol. The molecule has 0 spiro atoms. The number of carbonyl (C=O) groups excluding carboxylic acids is 3. The zero-order chi connectivity index (χ0) is 22.1. The van der Waals surface area contributed by atoms with E-state index in [9.17, 15) is 14.4 Å². The third kappa shape index (κ3) is 4.81. The number of hydrogen-bond donors (Lipinski definition) is 3. The van der Waals surface area contributed by atoms with Crippen LogP contribution in [-0.2, 0) is 4.79 Å². The number of carbonyl (C=O) groups is 3. The molecule has 1 aliphatic rings. The lowest BCUT2D eigenvalue weighted by molar-refractivity contribution is -0.123. The van der Waals surface area contributed by atoms with Crippen LogP contribution in [0.4, 0.5) is 16.4 Å². The first-order chi connectivity index (χ1) is 14.1. The molecule has 30 heavy (non-hydrogen) atoms. The van der Waals surface area contributed by atoms with E-state index < -0.39 is 11.3 Å². The molecule has 0 bridgehead atoms. The highest BCUT2D eigenvalue weighted by atomic mass is 32.1. The highest BCUT2D eigenvalue weighted by Crippen LogP contribution is 2.33. The fourth-order valence-electron chi connectivity index (χ4n) is 3.27. The Bertz CT molecular complexity index is 985. The molecule has 0 unspecified atom stereocenters. The van der Waals surface area contributed by atoms with Crippen molar-refractivity contribution in [3.8, 4) is 0 Å². The summed E-state index contributed by atoms with van der Waals surface area (Å²) in [6, 6.07) is 6.93. The van der Waals surface area contributed by atoms with Gasteiger partial charge in [-0.1, -0.05) is 20.8 Å². The van der Waals surface area contributed by atoms with Gasteiger partial charge in [-0.3, -0.25) is 14.4 Å². The first kappa shape index (κ1) is 21.8. The molecule has 0 aliphatic carbocycles. The summed E-state index contributed by atoms with van der Waals surface area (Å²) >= 11 is 1.23. The van der Waals surface area contributed by atoms with E-state index in [1.807, 2.05) is 33.8 Å². The molecular formula is C22H28N4O3S. The van der Waals surface area contributed by atoms with E-state index in [2.05, 4.69) is 15.5 Å². The number of amides is 3. The molecule has 0 saturated carbocycles. The maximum Gasteiger partial charge on any atom is 0.266 e. The van der Waals surface area contributed by atoms with Crippen LogP contribution >= 0.6 is 11.3 Å². The van der Waals surface area contributed by atoms with Crippen LogP contribution in [0.3, 0.4) is 0 Å². The van der Waals surface area contributed by atoms with Crippen LogP contribution in [0.15, 0.2) is 24.3 Å². The first-order valence-electron chi connectivity index (χ1n) is 9.98. The Kier molecular flexibility index (Phi) is 6.17. The van der Waals surface area contributed by atoms with E-state index in [1.165, 1.54) is 11.3 Å². The normalized spacial score (nSPS) is 13.9. The Morgan fingerprint density at radius 2 is 1.73 bits per heavy atom. The van der Waals surface area contributed by atoms with Crippen molar-refractivity contribution in [2.45, 2.75) is 40.5 Å². The second-order valence-corrected chi connectivity index (χ2v) is 9.62. The summed E-state index contributed by atoms with van der Waals surface area (Å²) in [7, 11) is 0. The van der Waals surface area contributed by atoms with Crippen LogP contribution < -0.4 is 21.3 Å². The number of aryl methyl sites for hydroxylation is 1. The molecule has 4 N–H and O–H groups in total. The van der Waals surface area contributed by atoms with Gasteiger partial charge in [0.2, 0.25) is 11.8 Å². The molecule has 1 aromatic carbocycles. The molecule has 2 aromatic rings. The van der Waals surface area contributed by atoms with Crippen molar-refractivity contribution in [2.75, 3.05) is 28.6 Å². The van der Waals surface area contributed by atoms with Gasteiger partial charge >= 0.3 is 0 Å². The molecule has 1 aliphatic heterocycles. The molecule has 8 heteroatoms. The lowest BCUT2D eigenvalue weighted by Gasteiger charge is -2.22. The standard InChI is InChI=1S/C22H28N4O3S/c1-13-11-17(25-21(29)22(2,3)4)30-18(13)20(28)24-15-12-14(19(23)27)7-8-16(15)26-9-5-6-10-26/h7-8,11-12H,5-6,9-10H2,1-4H3,(H2,23,27)(H,24,28)(H,25,29). The van der Waals surface area contributed by atoms with Crippen molar-refractivity contribution < 1.29 is 14.4 Å². The summed E-state index contributed by atoms with van der Waals surface area (Å²) in [6.07, 6.45) is 2.18. The molecular weight excluding hydrogens is 400 g/mol. The van der Waals surface area contributed by atoms with Crippen LogP contribution in [0, 0.1) is 12.3 Å². The maximum absolute atomic E-state index is 13.0. The van der Waals surface area contributed by atoms with E-state index in [0.717, 1.165) is 37.2 Å². The van der Waals surface area contributed by atoms with Crippen LogP contribution in [0.5, 0.6) is 0 Å². The van der Waals surface area contributed by atoms with E-state index in [1.54, 1.807) is 18.2 Å². The number of thiophene rings is 1. The van der Waals surface area contributed by atoms with E-state index >= 15 is 0 Å². The summed E-state index contributed by atoms with van der Waals surface area (Å²) in [5.74, 6) is -0.935. The molecule has 0 atom stereocenters. The zero-order valence-corrected chi connectivity index (χ0v) is 18.6. The minimum Gasteiger partial charge on any atom is -0.370 e. The Labute approximate surface area is 180 Å². The van der Waals surface area contributed by atoms with Crippen molar-refractivity contribution >= 4 is 45.4 Å². The van der Waals surface area contributed by atoms with Gasteiger partial charge in [0.1, 0.15) is 0 Å². The van der Waals surface area contributed by atoms with Gasteiger partial charge in [0.25, 0.3) is 5.91 Å². The maximum atomic E-state index is 13.0. The molecule has 3 rings (SSSR count). The molecule has 160 valence electrons. The predicted molar refractivity (Wildman–Crippen MR) is 122 cm³/mol. The van der Waals surface area contributed by atoms with E-state index in [-0.39, 0.29) is 11.8 Å². The fraction of sp³-hybridized carbons (Fsp3) is 0.409. The van der Waals surface area contributed by atoms with E-state index in [4.69, 9.17) is 5.73 Å². The van der Waals surface area contributed by atoms with Gasteiger partial charge in [-0.15, -0.1) is 11.3 Å². The summed E-state index contributed by atoms with van der Waals surface area (Å²) in [5.41, 5.74) is 7.46. The van der Waals surface area contributed by atoms with Gasteiger partial charge < -0.3 is 21.3 Å². The fourth-order valence-corrected chi connectivity index (χ4v) is 4.23. The second-order valence-electron chi connectivity index (χ2n) is 8.57. The van der Waals surface area contributed by atoms with Gasteiger partial charge in [0.15, 0.2) is 0 Å². The number of nitrogens with one attached hydrogen (secondary N) is 2.